The average molecular weight is 401 g/mol. The molecule has 2 rings (SSSR count). The first-order chi connectivity index (χ1) is 14.1. The summed E-state index contributed by atoms with van der Waals surface area (Å²) in [5, 5.41) is 5.96. The standard InChI is InChI=1S/C25H40N2O2/c1-3-4-5-6-7-8-9-10-11-12-13-14-24(28)26-22-18-15-20(2)23(19-22)27-25(29)21-16-17-21/h15,18-19,21H,3-14,16-17H2,1-2H3,(H,26,28)(H,27,29). The highest BCUT2D eigenvalue weighted by molar-refractivity contribution is 5.96. The number of carbonyl (C=O) groups excluding carboxylic acids is 2. The largest absolute Gasteiger partial charge is 0.326 e. The van der Waals surface area contributed by atoms with Crippen molar-refractivity contribution >= 4 is 23.2 Å². The van der Waals surface area contributed by atoms with E-state index in [2.05, 4.69) is 17.6 Å². The third-order valence-electron chi connectivity index (χ3n) is 5.73. The van der Waals surface area contributed by atoms with Crippen molar-refractivity contribution in [3.05, 3.63) is 23.8 Å². The smallest absolute Gasteiger partial charge is 0.227 e. The van der Waals surface area contributed by atoms with Gasteiger partial charge in [0, 0.05) is 23.7 Å². The van der Waals surface area contributed by atoms with Crippen molar-refractivity contribution in [1.82, 2.24) is 0 Å². The van der Waals surface area contributed by atoms with Gasteiger partial charge in [0.2, 0.25) is 11.8 Å². The molecule has 0 radical (unpaired) electrons. The third kappa shape index (κ3) is 9.96. The maximum Gasteiger partial charge on any atom is 0.227 e. The van der Waals surface area contributed by atoms with Gasteiger partial charge in [-0.3, -0.25) is 9.59 Å². The highest BCUT2D eigenvalue weighted by Gasteiger charge is 2.29. The van der Waals surface area contributed by atoms with Crippen LogP contribution in [0.4, 0.5) is 11.4 Å². The highest BCUT2D eigenvalue weighted by atomic mass is 16.2. The summed E-state index contributed by atoms with van der Waals surface area (Å²) >= 11 is 0. The van der Waals surface area contributed by atoms with E-state index in [-0.39, 0.29) is 17.7 Å². The predicted molar refractivity (Wildman–Crippen MR) is 122 cm³/mol. The van der Waals surface area contributed by atoms with Gasteiger partial charge in [-0.2, -0.15) is 0 Å². The van der Waals surface area contributed by atoms with Gasteiger partial charge >= 0.3 is 0 Å². The summed E-state index contributed by atoms with van der Waals surface area (Å²) < 4.78 is 0. The van der Waals surface area contributed by atoms with Crippen molar-refractivity contribution in [1.29, 1.82) is 0 Å². The number of amides is 2. The Labute approximate surface area is 177 Å². The Hall–Kier alpha value is -1.84. The van der Waals surface area contributed by atoms with Gasteiger partial charge in [-0.25, -0.2) is 0 Å². The van der Waals surface area contributed by atoms with E-state index in [4.69, 9.17) is 0 Å². The quantitative estimate of drug-likeness (QED) is 0.312. The molecule has 2 amide bonds. The van der Waals surface area contributed by atoms with Crippen LogP contribution in [0.1, 0.15) is 102 Å². The molecule has 1 saturated carbocycles. The minimum atomic E-state index is 0.0595. The number of hydrogen-bond acceptors (Lipinski definition) is 2. The van der Waals surface area contributed by atoms with Crippen molar-refractivity contribution in [3.8, 4) is 0 Å². The molecule has 1 aromatic rings. The molecule has 1 aliphatic rings. The van der Waals surface area contributed by atoms with E-state index in [0.29, 0.717) is 6.42 Å². The van der Waals surface area contributed by atoms with Crippen LogP contribution in [0.15, 0.2) is 18.2 Å². The fourth-order valence-corrected chi connectivity index (χ4v) is 3.59. The SMILES string of the molecule is CCCCCCCCCCCCCC(=O)Nc1ccc(C)c(NC(=O)C2CC2)c1. The molecule has 0 aliphatic heterocycles. The molecule has 4 heteroatoms. The van der Waals surface area contributed by atoms with Gasteiger partial charge in [-0.05, 0) is 43.9 Å². The van der Waals surface area contributed by atoms with Crippen LogP contribution in [0.2, 0.25) is 0 Å². The minimum absolute atomic E-state index is 0.0595. The van der Waals surface area contributed by atoms with Crippen molar-refractivity contribution in [3.63, 3.8) is 0 Å². The molecule has 0 saturated heterocycles. The first kappa shape index (κ1) is 23.4. The van der Waals surface area contributed by atoms with Crippen molar-refractivity contribution in [2.24, 2.45) is 5.92 Å². The van der Waals surface area contributed by atoms with Crippen LogP contribution in [-0.2, 0) is 9.59 Å². The fourth-order valence-electron chi connectivity index (χ4n) is 3.59. The predicted octanol–water partition coefficient (Wildman–Crippen LogP) is 6.98. The molecule has 4 nitrogen and oxygen atoms in total. The van der Waals surface area contributed by atoms with Gasteiger partial charge in [-0.15, -0.1) is 0 Å². The molecule has 0 spiro atoms. The lowest BCUT2D eigenvalue weighted by atomic mass is 10.1. The lowest BCUT2D eigenvalue weighted by Crippen LogP contribution is -2.15. The van der Waals surface area contributed by atoms with Gasteiger partial charge in [0.25, 0.3) is 0 Å². The number of unbranched alkanes of at least 4 members (excludes halogenated alkanes) is 10. The summed E-state index contributed by atoms with van der Waals surface area (Å²) in [6.07, 6.45) is 16.7. The molecule has 0 bridgehead atoms. The van der Waals surface area contributed by atoms with E-state index in [9.17, 15) is 9.59 Å². The van der Waals surface area contributed by atoms with E-state index in [1.807, 2.05) is 25.1 Å². The summed E-state index contributed by atoms with van der Waals surface area (Å²) in [4.78, 5) is 24.2. The van der Waals surface area contributed by atoms with Crippen LogP contribution in [0, 0.1) is 12.8 Å². The van der Waals surface area contributed by atoms with Crippen LogP contribution in [0.3, 0.4) is 0 Å². The average Bonchev–Trinajstić information content (AvgIpc) is 3.54. The normalized spacial score (nSPS) is 13.3. The molecule has 1 fully saturated rings. The number of hydrogen-bond donors (Lipinski definition) is 2. The monoisotopic (exact) mass is 400 g/mol. The minimum Gasteiger partial charge on any atom is -0.326 e. The second kappa shape index (κ2) is 13.4. The lowest BCUT2D eigenvalue weighted by Gasteiger charge is -2.11. The van der Waals surface area contributed by atoms with Gasteiger partial charge in [0.1, 0.15) is 0 Å². The first-order valence-electron chi connectivity index (χ1n) is 11.8. The molecular formula is C25H40N2O2. The number of carbonyl (C=O) groups is 2. The van der Waals surface area contributed by atoms with Crippen molar-refractivity contribution < 1.29 is 9.59 Å². The van der Waals surface area contributed by atoms with Crippen molar-refractivity contribution in [2.75, 3.05) is 10.6 Å². The molecule has 0 aromatic heterocycles. The maximum absolute atomic E-state index is 12.2. The molecule has 0 atom stereocenters. The summed E-state index contributed by atoms with van der Waals surface area (Å²) in [5.41, 5.74) is 2.58. The van der Waals surface area contributed by atoms with E-state index < -0.39 is 0 Å². The Bertz CT molecular complexity index is 638. The highest BCUT2D eigenvalue weighted by Crippen LogP contribution is 2.31. The number of rotatable bonds is 15. The molecule has 1 aliphatic carbocycles. The Kier molecular flexibility index (Phi) is 10.8. The zero-order chi connectivity index (χ0) is 20.9. The second-order valence-corrected chi connectivity index (χ2v) is 8.63. The topological polar surface area (TPSA) is 58.2 Å². The Balaban J connectivity index is 1.55. The van der Waals surface area contributed by atoms with Gasteiger partial charge in [0.05, 0.1) is 0 Å². The van der Waals surface area contributed by atoms with Gasteiger partial charge in [-0.1, -0.05) is 77.2 Å². The molecule has 162 valence electrons. The molecule has 0 unspecified atom stereocenters. The molecular weight excluding hydrogens is 360 g/mol. The Morgan fingerprint density at radius 3 is 2.03 bits per heavy atom. The number of anilines is 2. The summed E-state index contributed by atoms with van der Waals surface area (Å²) in [5.74, 6) is 0.329. The molecule has 0 heterocycles. The number of nitrogens with one attached hydrogen (secondary N) is 2. The molecule has 2 N–H and O–H groups in total. The maximum atomic E-state index is 12.2. The molecule has 29 heavy (non-hydrogen) atoms. The van der Waals surface area contributed by atoms with E-state index >= 15 is 0 Å². The zero-order valence-corrected chi connectivity index (χ0v) is 18.5. The third-order valence-corrected chi connectivity index (χ3v) is 5.73. The first-order valence-corrected chi connectivity index (χ1v) is 11.8. The van der Waals surface area contributed by atoms with E-state index in [0.717, 1.165) is 42.6 Å². The summed E-state index contributed by atoms with van der Waals surface area (Å²) in [6.45, 7) is 4.23. The van der Waals surface area contributed by atoms with Crippen LogP contribution >= 0.6 is 0 Å². The summed E-state index contributed by atoms with van der Waals surface area (Å²) in [7, 11) is 0. The Morgan fingerprint density at radius 1 is 0.862 bits per heavy atom. The van der Waals surface area contributed by atoms with Crippen LogP contribution in [0.25, 0.3) is 0 Å². The number of benzene rings is 1. The second-order valence-electron chi connectivity index (χ2n) is 8.63. The van der Waals surface area contributed by atoms with Gasteiger partial charge < -0.3 is 10.6 Å². The van der Waals surface area contributed by atoms with Gasteiger partial charge in [0.15, 0.2) is 0 Å². The van der Waals surface area contributed by atoms with Crippen LogP contribution in [-0.4, -0.2) is 11.8 Å². The lowest BCUT2D eigenvalue weighted by molar-refractivity contribution is -0.117. The van der Waals surface area contributed by atoms with Crippen LogP contribution < -0.4 is 10.6 Å². The fraction of sp³-hybridized carbons (Fsp3) is 0.680. The van der Waals surface area contributed by atoms with Crippen LogP contribution in [0.5, 0.6) is 0 Å². The van der Waals surface area contributed by atoms with E-state index in [1.165, 1.54) is 57.8 Å². The Morgan fingerprint density at radius 2 is 1.45 bits per heavy atom. The van der Waals surface area contributed by atoms with E-state index in [1.54, 1.807) is 0 Å². The summed E-state index contributed by atoms with van der Waals surface area (Å²) in [6, 6.07) is 5.72. The molecule has 1 aromatic carbocycles. The zero-order valence-electron chi connectivity index (χ0n) is 18.5. The van der Waals surface area contributed by atoms with Crippen molar-refractivity contribution in [2.45, 2.75) is 104 Å². The number of aryl methyl sites for hydroxylation is 1.